The first-order chi connectivity index (χ1) is 25.0. The second kappa shape index (κ2) is 40.9. The average molecular weight is 721 g/mol. The first-order valence-electron chi connectivity index (χ1n) is 22.2. The summed E-state index contributed by atoms with van der Waals surface area (Å²) in [5.41, 5.74) is 0. The molecule has 6 nitrogen and oxygen atoms in total. The highest BCUT2D eigenvalue weighted by molar-refractivity contribution is 5.71. The van der Waals surface area contributed by atoms with Crippen LogP contribution in [0.2, 0.25) is 0 Å². The third kappa shape index (κ3) is 39.2. The average Bonchev–Trinajstić information content (AvgIpc) is 3.12. The van der Waals surface area contributed by atoms with Gasteiger partial charge in [-0.05, 0) is 44.9 Å². The van der Waals surface area contributed by atoms with Crippen LogP contribution in [-0.4, -0.2) is 37.2 Å². The number of hydrogen-bond donors (Lipinski definition) is 0. The van der Waals surface area contributed by atoms with E-state index in [4.69, 9.17) is 14.2 Å². The molecule has 1 atom stereocenters. The quantitative estimate of drug-likeness (QED) is 0.0271. The van der Waals surface area contributed by atoms with Gasteiger partial charge >= 0.3 is 17.9 Å². The predicted octanol–water partition coefficient (Wildman–Crippen LogP) is 13.9. The fraction of sp³-hybridized carbons (Fsp3) is 0.889. The third-order valence-electron chi connectivity index (χ3n) is 9.77. The van der Waals surface area contributed by atoms with Crippen molar-refractivity contribution < 1.29 is 28.6 Å². The zero-order chi connectivity index (χ0) is 37.3. The van der Waals surface area contributed by atoms with Crippen molar-refractivity contribution in [2.45, 2.75) is 245 Å². The van der Waals surface area contributed by atoms with Gasteiger partial charge in [0.05, 0.1) is 0 Å². The van der Waals surface area contributed by atoms with Gasteiger partial charge in [-0.3, -0.25) is 14.4 Å². The van der Waals surface area contributed by atoms with Crippen LogP contribution in [0, 0.1) is 0 Å². The zero-order valence-electron chi connectivity index (χ0n) is 34.1. The van der Waals surface area contributed by atoms with Gasteiger partial charge < -0.3 is 14.2 Å². The number of carbonyl (C=O) groups excluding carboxylic acids is 3. The first kappa shape index (κ1) is 49.1. The lowest BCUT2D eigenvalue weighted by molar-refractivity contribution is -0.167. The number of allylic oxidation sites excluding steroid dienone is 2. The van der Waals surface area contributed by atoms with Crippen molar-refractivity contribution in [2.75, 3.05) is 13.2 Å². The summed E-state index contributed by atoms with van der Waals surface area (Å²) in [6.45, 7) is 6.57. The smallest absolute Gasteiger partial charge is 0.306 e. The minimum absolute atomic E-state index is 0.0696. The summed E-state index contributed by atoms with van der Waals surface area (Å²) in [5, 5.41) is 0. The van der Waals surface area contributed by atoms with E-state index in [-0.39, 0.29) is 31.1 Å². The van der Waals surface area contributed by atoms with Crippen LogP contribution in [0.15, 0.2) is 12.2 Å². The molecule has 0 rings (SSSR count). The molecule has 300 valence electrons. The van der Waals surface area contributed by atoms with E-state index in [1.54, 1.807) is 0 Å². The molecule has 0 aromatic rings. The molecule has 0 spiro atoms. The Hall–Kier alpha value is -1.85. The van der Waals surface area contributed by atoms with Gasteiger partial charge in [0.25, 0.3) is 0 Å². The number of esters is 3. The monoisotopic (exact) mass is 721 g/mol. The summed E-state index contributed by atoms with van der Waals surface area (Å²) < 4.78 is 16.6. The van der Waals surface area contributed by atoms with Crippen molar-refractivity contribution in [1.29, 1.82) is 0 Å². The highest BCUT2D eigenvalue weighted by atomic mass is 16.6. The van der Waals surface area contributed by atoms with Gasteiger partial charge in [0, 0.05) is 19.3 Å². The third-order valence-corrected chi connectivity index (χ3v) is 9.77. The summed E-state index contributed by atoms with van der Waals surface area (Å²) in [5.74, 6) is -0.879. The molecular formula is C45H84O6. The summed E-state index contributed by atoms with van der Waals surface area (Å²) >= 11 is 0. The number of rotatable bonds is 40. The van der Waals surface area contributed by atoms with Crippen LogP contribution in [0.25, 0.3) is 0 Å². The van der Waals surface area contributed by atoms with E-state index in [1.807, 2.05) is 0 Å². The van der Waals surface area contributed by atoms with Crippen molar-refractivity contribution >= 4 is 17.9 Å². The van der Waals surface area contributed by atoms with Crippen LogP contribution < -0.4 is 0 Å². The number of carbonyl (C=O) groups is 3. The minimum atomic E-state index is -0.764. The highest BCUT2D eigenvalue weighted by Gasteiger charge is 2.19. The molecule has 0 aliphatic heterocycles. The van der Waals surface area contributed by atoms with Gasteiger partial charge in [-0.25, -0.2) is 0 Å². The summed E-state index contributed by atoms with van der Waals surface area (Å²) in [6, 6.07) is 0. The van der Waals surface area contributed by atoms with Crippen molar-refractivity contribution in [3.8, 4) is 0 Å². The molecule has 0 radical (unpaired) electrons. The molecule has 0 fully saturated rings. The number of ether oxygens (including phenoxy) is 3. The molecule has 1 unspecified atom stereocenters. The zero-order valence-corrected chi connectivity index (χ0v) is 34.1. The Labute approximate surface area is 316 Å². The van der Waals surface area contributed by atoms with Crippen molar-refractivity contribution in [1.82, 2.24) is 0 Å². The van der Waals surface area contributed by atoms with Gasteiger partial charge in [0.1, 0.15) is 13.2 Å². The lowest BCUT2D eigenvalue weighted by atomic mass is 10.0. The molecule has 0 heterocycles. The van der Waals surface area contributed by atoms with E-state index in [0.717, 1.165) is 64.2 Å². The summed E-state index contributed by atoms with van der Waals surface area (Å²) in [6.07, 6.45) is 42.0. The largest absolute Gasteiger partial charge is 0.462 e. The standard InChI is InChI=1S/C45H84O6/c1-4-7-10-13-16-18-20-22-23-25-26-29-32-35-38-44(47)50-41-42(40-49-43(46)37-34-31-28-15-12-9-6-3)51-45(48)39-36-33-30-27-24-21-19-17-14-11-8-5-2/h17,19,42H,4-16,18,20-41H2,1-3H3/b19-17-. The summed E-state index contributed by atoms with van der Waals surface area (Å²) in [4.78, 5) is 37.5. The van der Waals surface area contributed by atoms with Crippen molar-refractivity contribution in [2.24, 2.45) is 0 Å². The molecule has 0 aromatic heterocycles. The van der Waals surface area contributed by atoms with Gasteiger partial charge in [-0.15, -0.1) is 0 Å². The lowest BCUT2D eigenvalue weighted by Gasteiger charge is -2.18. The Kier molecular flexibility index (Phi) is 39.4. The van der Waals surface area contributed by atoms with Crippen LogP contribution in [0.3, 0.4) is 0 Å². The lowest BCUT2D eigenvalue weighted by Crippen LogP contribution is -2.30. The maximum absolute atomic E-state index is 12.7. The second-order valence-electron chi connectivity index (χ2n) is 15.0. The first-order valence-corrected chi connectivity index (χ1v) is 22.2. The van der Waals surface area contributed by atoms with Crippen LogP contribution in [0.5, 0.6) is 0 Å². The number of hydrogen-bond acceptors (Lipinski definition) is 6. The van der Waals surface area contributed by atoms with Crippen molar-refractivity contribution in [3.05, 3.63) is 12.2 Å². The fourth-order valence-electron chi connectivity index (χ4n) is 6.38. The molecule has 51 heavy (non-hydrogen) atoms. The topological polar surface area (TPSA) is 78.9 Å². The van der Waals surface area contributed by atoms with Crippen LogP contribution in [-0.2, 0) is 28.6 Å². The summed E-state index contributed by atoms with van der Waals surface area (Å²) in [7, 11) is 0. The second-order valence-corrected chi connectivity index (χ2v) is 15.0. The maximum atomic E-state index is 12.7. The van der Waals surface area contributed by atoms with Crippen LogP contribution >= 0.6 is 0 Å². The van der Waals surface area contributed by atoms with E-state index in [9.17, 15) is 14.4 Å². The number of unbranched alkanes of at least 4 members (excludes halogenated alkanes) is 27. The molecule has 0 aromatic carbocycles. The van der Waals surface area contributed by atoms with E-state index >= 15 is 0 Å². The molecule has 0 aliphatic rings. The van der Waals surface area contributed by atoms with Crippen LogP contribution in [0.1, 0.15) is 239 Å². The molecule has 0 saturated heterocycles. The van der Waals surface area contributed by atoms with Crippen molar-refractivity contribution in [3.63, 3.8) is 0 Å². The van der Waals surface area contributed by atoms with E-state index < -0.39 is 6.10 Å². The van der Waals surface area contributed by atoms with E-state index in [1.165, 1.54) is 135 Å². The maximum Gasteiger partial charge on any atom is 0.306 e. The molecule has 0 bridgehead atoms. The van der Waals surface area contributed by atoms with Gasteiger partial charge in [-0.1, -0.05) is 187 Å². The Morgan fingerprint density at radius 2 is 0.647 bits per heavy atom. The van der Waals surface area contributed by atoms with Gasteiger partial charge in [-0.2, -0.15) is 0 Å². The molecule has 6 heteroatoms. The fourth-order valence-corrected chi connectivity index (χ4v) is 6.38. The van der Waals surface area contributed by atoms with E-state index in [2.05, 4.69) is 32.9 Å². The van der Waals surface area contributed by atoms with Crippen LogP contribution in [0.4, 0.5) is 0 Å². The molecule has 0 aliphatic carbocycles. The minimum Gasteiger partial charge on any atom is -0.462 e. The van der Waals surface area contributed by atoms with Gasteiger partial charge in [0.15, 0.2) is 6.10 Å². The molecule has 0 N–H and O–H groups in total. The molecular weight excluding hydrogens is 636 g/mol. The SMILES string of the molecule is CCCCC/C=C\CCCCCCCC(=O)OC(COC(=O)CCCCCCCCC)COC(=O)CCCCCCCCCCCCCCCC. The van der Waals surface area contributed by atoms with E-state index in [0.29, 0.717) is 19.3 Å². The Bertz CT molecular complexity index is 794. The normalized spacial score (nSPS) is 12.0. The Balaban J connectivity index is 4.29. The Morgan fingerprint density at radius 1 is 0.373 bits per heavy atom. The highest BCUT2D eigenvalue weighted by Crippen LogP contribution is 2.15. The predicted molar refractivity (Wildman–Crippen MR) is 215 cm³/mol. The molecule has 0 saturated carbocycles. The Morgan fingerprint density at radius 3 is 1.02 bits per heavy atom. The van der Waals surface area contributed by atoms with Gasteiger partial charge in [0.2, 0.25) is 0 Å². The molecule has 0 amide bonds.